The highest BCUT2D eigenvalue weighted by Gasteiger charge is 2.32. The molecule has 4 nitrogen and oxygen atoms in total. The van der Waals surface area contributed by atoms with Crippen LogP contribution in [0, 0.1) is 12.7 Å². The lowest BCUT2D eigenvalue weighted by Crippen LogP contribution is -2.28. The number of benzene rings is 2. The Balaban J connectivity index is 1.65. The molecule has 29 heavy (non-hydrogen) atoms. The molecule has 2 saturated heterocycles. The van der Waals surface area contributed by atoms with Gasteiger partial charge in [0.2, 0.25) is 0 Å². The molecule has 2 aromatic rings. The van der Waals surface area contributed by atoms with Gasteiger partial charge in [0.05, 0.1) is 16.3 Å². The Hall–Kier alpha value is -2.60. The maximum atomic E-state index is 14.8. The van der Waals surface area contributed by atoms with Crippen LogP contribution in [0.25, 0.3) is 6.08 Å². The summed E-state index contributed by atoms with van der Waals surface area (Å²) in [6.45, 7) is 6.23. The van der Waals surface area contributed by atoms with Crippen molar-refractivity contribution in [2.75, 3.05) is 24.5 Å². The molecule has 2 aromatic carbocycles. The van der Waals surface area contributed by atoms with Crippen LogP contribution >= 0.6 is 11.8 Å². The summed E-state index contributed by atoms with van der Waals surface area (Å²) in [6, 6.07) is 13.0. The third-order valence-corrected chi connectivity index (χ3v) is 6.26. The fourth-order valence-corrected chi connectivity index (χ4v) is 4.72. The molecule has 150 valence electrons. The van der Waals surface area contributed by atoms with Crippen LogP contribution < -0.4 is 4.90 Å². The van der Waals surface area contributed by atoms with Gasteiger partial charge in [-0.25, -0.2) is 9.38 Å². The first kappa shape index (κ1) is 19.7. The molecule has 0 bridgehead atoms. The summed E-state index contributed by atoms with van der Waals surface area (Å²) in [5.74, 6) is -0.319. The topological polar surface area (TPSA) is 35.9 Å². The van der Waals surface area contributed by atoms with Crippen LogP contribution in [0.15, 0.2) is 52.4 Å². The molecule has 0 radical (unpaired) electrons. The van der Waals surface area contributed by atoms with Crippen molar-refractivity contribution >= 4 is 40.3 Å². The number of nitrogens with zero attached hydrogens (tertiary/aromatic N) is 3. The van der Waals surface area contributed by atoms with Crippen molar-refractivity contribution in [3.8, 4) is 0 Å². The Bertz CT molecular complexity index is 981. The lowest BCUT2D eigenvalue weighted by atomic mass is 10.1. The standard InChI is InChI=1S/C23H24FN3OS/c1-3-27-22(28)21(29-23(27)25-18-9-5-4-6-10-18)15-17-14-19(24)20(13-16(17)2)26-11-7-8-12-26/h4-6,9-10,13-15H,3,7-8,11-12H2,1-2H3. The molecular weight excluding hydrogens is 385 g/mol. The van der Waals surface area contributed by atoms with Gasteiger partial charge in [-0.1, -0.05) is 18.2 Å². The zero-order valence-corrected chi connectivity index (χ0v) is 17.5. The van der Waals surface area contributed by atoms with Crippen LogP contribution in [-0.2, 0) is 4.79 Å². The number of anilines is 1. The second-order valence-electron chi connectivity index (χ2n) is 7.24. The average Bonchev–Trinajstić information content (AvgIpc) is 3.34. The van der Waals surface area contributed by atoms with Crippen LogP contribution in [0.2, 0.25) is 0 Å². The van der Waals surface area contributed by atoms with Crippen molar-refractivity contribution in [3.05, 3.63) is 64.3 Å². The average molecular weight is 410 g/mol. The van der Waals surface area contributed by atoms with Gasteiger partial charge in [-0.3, -0.25) is 9.69 Å². The van der Waals surface area contributed by atoms with Gasteiger partial charge in [0, 0.05) is 19.6 Å². The van der Waals surface area contributed by atoms with Gasteiger partial charge in [-0.15, -0.1) is 0 Å². The molecular formula is C23H24FN3OS. The number of aryl methyl sites for hydroxylation is 1. The summed E-state index contributed by atoms with van der Waals surface area (Å²) in [4.78, 5) is 21.8. The molecule has 0 unspecified atom stereocenters. The Morgan fingerprint density at radius 3 is 2.59 bits per heavy atom. The Labute approximate surface area is 175 Å². The van der Waals surface area contributed by atoms with Gasteiger partial charge in [0.25, 0.3) is 5.91 Å². The number of hydrogen-bond donors (Lipinski definition) is 0. The van der Waals surface area contributed by atoms with E-state index in [-0.39, 0.29) is 11.7 Å². The highest BCUT2D eigenvalue weighted by atomic mass is 32.2. The Kier molecular flexibility index (Phi) is 5.72. The van der Waals surface area contributed by atoms with E-state index in [0.717, 1.165) is 42.7 Å². The maximum absolute atomic E-state index is 14.8. The second-order valence-corrected chi connectivity index (χ2v) is 8.25. The normalized spacial score (nSPS) is 19.8. The first-order chi connectivity index (χ1) is 14.1. The fourth-order valence-electron chi connectivity index (χ4n) is 3.66. The first-order valence-electron chi connectivity index (χ1n) is 9.97. The molecule has 0 aliphatic carbocycles. The summed E-state index contributed by atoms with van der Waals surface area (Å²) in [5, 5.41) is 0.654. The minimum atomic E-state index is -0.231. The van der Waals surface area contributed by atoms with E-state index >= 15 is 0 Å². The number of amides is 1. The number of likely N-dealkylation sites (N-methyl/N-ethyl adjacent to an activating group) is 1. The van der Waals surface area contributed by atoms with Crippen molar-refractivity contribution in [2.45, 2.75) is 26.7 Å². The summed E-state index contributed by atoms with van der Waals surface area (Å²) in [5.41, 5.74) is 3.16. The van der Waals surface area contributed by atoms with Crippen LogP contribution in [0.4, 0.5) is 15.8 Å². The number of para-hydroxylation sites is 1. The zero-order valence-electron chi connectivity index (χ0n) is 16.7. The van der Waals surface area contributed by atoms with E-state index < -0.39 is 0 Å². The van der Waals surface area contributed by atoms with Gasteiger partial charge in [-0.2, -0.15) is 0 Å². The predicted octanol–water partition coefficient (Wildman–Crippen LogP) is 5.36. The molecule has 0 spiro atoms. The van der Waals surface area contributed by atoms with Crippen LogP contribution in [-0.4, -0.2) is 35.6 Å². The molecule has 1 amide bonds. The molecule has 0 aromatic heterocycles. The van der Waals surface area contributed by atoms with Gasteiger partial charge in [-0.05, 0) is 79.9 Å². The third-order valence-electron chi connectivity index (χ3n) is 5.25. The summed E-state index contributed by atoms with van der Waals surface area (Å²) in [6.07, 6.45) is 3.99. The predicted molar refractivity (Wildman–Crippen MR) is 119 cm³/mol. The zero-order chi connectivity index (χ0) is 20.4. The van der Waals surface area contributed by atoms with Crippen molar-refractivity contribution < 1.29 is 9.18 Å². The van der Waals surface area contributed by atoms with Crippen molar-refractivity contribution in [1.29, 1.82) is 0 Å². The SMILES string of the molecule is CCN1C(=O)C(=Cc2cc(F)c(N3CCCC3)cc2C)SC1=Nc1ccccc1. The Morgan fingerprint density at radius 2 is 1.90 bits per heavy atom. The molecule has 0 saturated carbocycles. The van der Waals surface area contributed by atoms with Crippen LogP contribution in [0.3, 0.4) is 0 Å². The third kappa shape index (κ3) is 4.08. The maximum Gasteiger partial charge on any atom is 0.266 e. The highest BCUT2D eigenvalue weighted by Crippen LogP contribution is 2.35. The largest absolute Gasteiger partial charge is 0.369 e. The molecule has 2 aliphatic rings. The van der Waals surface area contributed by atoms with Crippen molar-refractivity contribution in [2.24, 2.45) is 4.99 Å². The first-order valence-corrected chi connectivity index (χ1v) is 10.8. The second kappa shape index (κ2) is 8.41. The van der Waals surface area contributed by atoms with E-state index in [1.54, 1.807) is 17.0 Å². The van der Waals surface area contributed by atoms with Gasteiger partial charge in [0.15, 0.2) is 5.17 Å². The summed E-state index contributed by atoms with van der Waals surface area (Å²) < 4.78 is 14.8. The highest BCUT2D eigenvalue weighted by molar-refractivity contribution is 8.18. The van der Waals surface area contributed by atoms with E-state index in [1.165, 1.54) is 11.8 Å². The minimum Gasteiger partial charge on any atom is -0.369 e. The monoisotopic (exact) mass is 409 g/mol. The number of amidine groups is 1. The van der Waals surface area contributed by atoms with E-state index in [2.05, 4.69) is 9.89 Å². The van der Waals surface area contributed by atoms with E-state index in [0.29, 0.717) is 22.3 Å². The smallest absolute Gasteiger partial charge is 0.266 e. The molecule has 0 atom stereocenters. The van der Waals surface area contributed by atoms with Gasteiger partial charge < -0.3 is 4.90 Å². The molecule has 2 aliphatic heterocycles. The van der Waals surface area contributed by atoms with Crippen molar-refractivity contribution in [1.82, 2.24) is 4.90 Å². The molecule has 2 heterocycles. The van der Waals surface area contributed by atoms with E-state index in [1.807, 2.05) is 50.2 Å². The molecule has 4 rings (SSSR count). The quantitative estimate of drug-likeness (QED) is 0.638. The van der Waals surface area contributed by atoms with Crippen molar-refractivity contribution in [3.63, 3.8) is 0 Å². The number of carbonyl (C=O) groups is 1. The molecule has 0 N–H and O–H groups in total. The summed E-state index contributed by atoms with van der Waals surface area (Å²) in [7, 11) is 0. The number of halogens is 1. The molecule has 6 heteroatoms. The summed E-state index contributed by atoms with van der Waals surface area (Å²) >= 11 is 1.34. The van der Waals surface area contributed by atoms with Gasteiger partial charge in [0.1, 0.15) is 5.82 Å². The lowest BCUT2D eigenvalue weighted by Gasteiger charge is -2.19. The minimum absolute atomic E-state index is 0.0874. The fraction of sp³-hybridized carbons (Fsp3) is 0.304. The number of rotatable bonds is 4. The number of aliphatic imine (C=N–C) groups is 1. The number of thioether (sulfide) groups is 1. The van der Waals surface area contributed by atoms with E-state index in [4.69, 9.17) is 0 Å². The van der Waals surface area contributed by atoms with Gasteiger partial charge >= 0.3 is 0 Å². The molecule has 2 fully saturated rings. The van der Waals surface area contributed by atoms with Crippen LogP contribution in [0.5, 0.6) is 0 Å². The number of hydrogen-bond acceptors (Lipinski definition) is 4. The van der Waals surface area contributed by atoms with E-state index in [9.17, 15) is 9.18 Å². The Morgan fingerprint density at radius 1 is 1.17 bits per heavy atom. The van der Waals surface area contributed by atoms with Crippen LogP contribution in [0.1, 0.15) is 30.9 Å². The number of carbonyl (C=O) groups excluding carboxylic acids is 1. The lowest BCUT2D eigenvalue weighted by molar-refractivity contribution is -0.122.